The summed E-state index contributed by atoms with van der Waals surface area (Å²) < 4.78 is 38.2. The largest absolute Gasteiger partial charge is 0.494 e. The molecule has 0 aromatic heterocycles. The van der Waals surface area contributed by atoms with E-state index in [1.54, 1.807) is 36.4 Å². The molecule has 2 aromatic rings. The van der Waals surface area contributed by atoms with Gasteiger partial charge in [-0.15, -0.1) is 0 Å². The van der Waals surface area contributed by atoms with E-state index in [1.807, 2.05) is 0 Å². The summed E-state index contributed by atoms with van der Waals surface area (Å²) >= 11 is 0. The zero-order chi connectivity index (χ0) is 24.4. The molecular weight excluding hydrogens is 458 g/mol. The molecule has 0 saturated carbocycles. The molecule has 1 aliphatic rings. The Morgan fingerprint density at radius 1 is 0.941 bits per heavy atom. The number of unbranched alkanes of at least 4 members (excludes halogenated alkanes) is 3. The van der Waals surface area contributed by atoms with Crippen molar-refractivity contribution in [3.05, 3.63) is 59.7 Å². The number of nitrogens with zero attached hydrogens (tertiary/aromatic N) is 1. The number of hydrogen-bond acceptors (Lipinski definition) is 6. The Morgan fingerprint density at radius 3 is 2.32 bits per heavy atom. The van der Waals surface area contributed by atoms with Gasteiger partial charge in [0.25, 0.3) is 11.8 Å². The van der Waals surface area contributed by atoms with Crippen molar-refractivity contribution >= 4 is 21.8 Å². The van der Waals surface area contributed by atoms with E-state index in [-0.39, 0.29) is 23.5 Å². The second-order valence-corrected chi connectivity index (χ2v) is 9.76. The van der Waals surface area contributed by atoms with Gasteiger partial charge < -0.3 is 9.47 Å². The first-order valence-corrected chi connectivity index (χ1v) is 12.9. The molecule has 2 amide bonds. The first-order valence-electron chi connectivity index (χ1n) is 11.4. The summed E-state index contributed by atoms with van der Waals surface area (Å²) in [6.07, 6.45) is 4.44. The molecule has 1 heterocycles. The molecule has 0 aliphatic carbocycles. The number of ether oxygens (including phenoxy) is 2. The van der Waals surface area contributed by atoms with Crippen LogP contribution in [0, 0.1) is 0 Å². The van der Waals surface area contributed by atoms with E-state index in [2.05, 4.69) is 17.8 Å². The minimum Gasteiger partial charge on any atom is -0.494 e. The molecule has 2 aromatic carbocycles. The van der Waals surface area contributed by atoms with Crippen LogP contribution in [-0.2, 0) is 14.8 Å². The van der Waals surface area contributed by atoms with Gasteiger partial charge in [0.2, 0.25) is 10.0 Å². The minimum atomic E-state index is -3.88. The molecule has 9 nitrogen and oxygen atoms in total. The predicted molar refractivity (Wildman–Crippen MR) is 127 cm³/mol. The van der Waals surface area contributed by atoms with Crippen LogP contribution in [0.2, 0.25) is 0 Å². The van der Waals surface area contributed by atoms with Gasteiger partial charge in [-0.2, -0.15) is 4.31 Å². The van der Waals surface area contributed by atoms with Crippen LogP contribution in [0.1, 0.15) is 53.3 Å². The van der Waals surface area contributed by atoms with Gasteiger partial charge in [0, 0.05) is 18.7 Å². The topological polar surface area (TPSA) is 114 Å². The number of hydrogen-bond donors (Lipinski definition) is 2. The van der Waals surface area contributed by atoms with Crippen molar-refractivity contribution in [3.63, 3.8) is 0 Å². The molecule has 2 N–H and O–H groups in total. The maximum absolute atomic E-state index is 13.0. The van der Waals surface area contributed by atoms with Crippen LogP contribution >= 0.6 is 0 Å². The number of morpholine rings is 1. The van der Waals surface area contributed by atoms with Crippen molar-refractivity contribution in [2.75, 3.05) is 32.9 Å². The van der Waals surface area contributed by atoms with Gasteiger partial charge in [-0.3, -0.25) is 20.4 Å². The maximum atomic E-state index is 13.0. The predicted octanol–water partition coefficient (Wildman–Crippen LogP) is 2.74. The zero-order valence-electron chi connectivity index (χ0n) is 19.3. The Balaban J connectivity index is 1.58. The standard InChI is InChI=1S/C24H31N3O6S/c1-2-3-4-7-16-33-20-12-10-19(11-13-20)23(28)25-26-24(29)21-8-5-6-9-22(21)34(30,31)27-14-17-32-18-15-27/h5-6,8-13H,2-4,7,14-18H2,1H3,(H,25,28)(H,26,29). The van der Waals surface area contributed by atoms with E-state index in [4.69, 9.17) is 9.47 Å². The molecular formula is C24H31N3O6S. The summed E-state index contributed by atoms with van der Waals surface area (Å²) in [6, 6.07) is 12.5. The highest BCUT2D eigenvalue weighted by Crippen LogP contribution is 2.21. The van der Waals surface area contributed by atoms with Crippen molar-refractivity contribution in [2.45, 2.75) is 37.5 Å². The minimum absolute atomic E-state index is 0.0545. The molecule has 184 valence electrons. The number of benzene rings is 2. The number of carbonyl (C=O) groups excluding carboxylic acids is 2. The summed E-state index contributed by atoms with van der Waals surface area (Å²) in [4.78, 5) is 25.0. The smallest absolute Gasteiger partial charge is 0.271 e. The third-order valence-electron chi connectivity index (χ3n) is 5.39. The Bertz CT molecular complexity index is 1070. The zero-order valence-corrected chi connectivity index (χ0v) is 20.1. The van der Waals surface area contributed by atoms with Gasteiger partial charge >= 0.3 is 0 Å². The van der Waals surface area contributed by atoms with Crippen LogP contribution in [0.5, 0.6) is 5.75 Å². The van der Waals surface area contributed by atoms with E-state index >= 15 is 0 Å². The molecule has 0 atom stereocenters. The molecule has 1 aliphatic heterocycles. The molecule has 0 unspecified atom stereocenters. The van der Waals surface area contributed by atoms with Crippen molar-refractivity contribution < 1.29 is 27.5 Å². The highest BCUT2D eigenvalue weighted by Gasteiger charge is 2.30. The van der Waals surface area contributed by atoms with E-state index in [0.717, 1.165) is 19.3 Å². The Labute approximate surface area is 200 Å². The van der Waals surface area contributed by atoms with Crippen molar-refractivity contribution in [3.8, 4) is 5.75 Å². The summed E-state index contributed by atoms with van der Waals surface area (Å²) in [6.45, 7) is 3.80. The Morgan fingerprint density at radius 2 is 1.62 bits per heavy atom. The normalized spacial score (nSPS) is 14.4. The molecule has 10 heteroatoms. The van der Waals surface area contributed by atoms with Crippen LogP contribution in [-0.4, -0.2) is 57.4 Å². The number of hydrazine groups is 1. The monoisotopic (exact) mass is 489 g/mol. The summed E-state index contributed by atoms with van der Waals surface area (Å²) in [5.74, 6) is -0.594. The lowest BCUT2D eigenvalue weighted by Crippen LogP contribution is -2.43. The molecule has 34 heavy (non-hydrogen) atoms. The molecule has 0 radical (unpaired) electrons. The van der Waals surface area contributed by atoms with Gasteiger partial charge in [-0.1, -0.05) is 38.3 Å². The van der Waals surface area contributed by atoms with Crippen LogP contribution in [0.15, 0.2) is 53.4 Å². The quantitative estimate of drug-likeness (QED) is 0.392. The van der Waals surface area contributed by atoms with Crippen LogP contribution < -0.4 is 15.6 Å². The highest BCUT2D eigenvalue weighted by atomic mass is 32.2. The second kappa shape index (κ2) is 12.5. The summed E-state index contributed by atoms with van der Waals surface area (Å²) in [7, 11) is -3.88. The molecule has 0 bridgehead atoms. The lowest BCUT2D eigenvalue weighted by Gasteiger charge is -2.26. The average molecular weight is 490 g/mol. The number of nitrogens with one attached hydrogen (secondary N) is 2. The van der Waals surface area contributed by atoms with Gasteiger partial charge in [0.15, 0.2) is 0 Å². The third-order valence-corrected chi connectivity index (χ3v) is 7.35. The third kappa shape index (κ3) is 6.78. The first kappa shape index (κ1) is 25.7. The second-order valence-electron chi connectivity index (χ2n) is 7.85. The van der Waals surface area contributed by atoms with Crippen molar-refractivity contribution in [1.29, 1.82) is 0 Å². The SMILES string of the molecule is CCCCCCOc1ccc(C(=O)NNC(=O)c2ccccc2S(=O)(=O)N2CCOCC2)cc1. The van der Waals surface area contributed by atoms with Crippen molar-refractivity contribution in [1.82, 2.24) is 15.2 Å². The van der Waals surface area contributed by atoms with Crippen LogP contribution in [0.4, 0.5) is 0 Å². The summed E-state index contributed by atoms with van der Waals surface area (Å²) in [5, 5.41) is 0. The number of carbonyl (C=O) groups is 2. The maximum Gasteiger partial charge on any atom is 0.271 e. The Hall–Kier alpha value is -2.95. The van der Waals surface area contributed by atoms with E-state index in [9.17, 15) is 18.0 Å². The van der Waals surface area contributed by atoms with Gasteiger partial charge in [0.1, 0.15) is 5.75 Å². The lowest BCUT2D eigenvalue weighted by molar-refractivity contribution is 0.0729. The molecule has 0 spiro atoms. The lowest BCUT2D eigenvalue weighted by atomic mass is 10.2. The van der Waals surface area contributed by atoms with E-state index in [1.165, 1.54) is 22.9 Å². The van der Waals surface area contributed by atoms with E-state index < -0.39 is 21.8 Å². The van der Waals surface area contributed by atoms with Crippen LogP contribution in [0.3, 0.4) is 0 Å². The summed E-state index contributed by atoms with van der Waals surface area (Å²) in [5.41, 5.74) is 4.91. The van der Waals surface area contributed by atoms with Gasteiger partial charge in [0.05, 0.1) is 30.3 Å². The van der Waals surface area contributed by atoms with Crippen LogP contribution in [0.25, 0.3) is 0 Å². The molecule has 1 saturated heterocycles. The number of sulfonamides is 1. The fraction of sp³-hybridized carbons (Fsp3) is 0.417. The highest BCUT2D eigenvalue weighted by molar-refractivity contribution is 7.89. The van der Waals surface area contributed by atoms with Gasteiger partial charge in [-0.05, 0) is 42.8 Å². The van der Waals surface area contributed by atoms with E-state index in [0.29, 0.717) is 31.1 Å². The molecule has 1 fully saturated rings. The Kier molecular flexibility index (Phi) is 9.43. The fourth-order valence-corrected chi connectivity index (χ4v) is 5.08. The average Bonchev–Trinajstić information content (AvgIpc) is 2.88. The molecule has 3 rings (SSSR count). The number of rotatable bonds is 10. The van der Waals surface area contributed by atoms with Crippen molar-refractivity contribution in [2.24, 2.45) is 0 Å². The first-order chi connectivity index (χ1) is 16.4. The number of amides is 2. The fourth-order valence-electron chi connectivity index (χ4n) is 3.48. The van der Waals surface area contributed by atoms with Gasteiger partial charge in [-0.25, -0.2) is 8.42 Å².